The molecule has 1 aromatic carbocycles. The molecule has 0 aromatic heterocycles. The van der Waals surface area contributed by atoms with Gasteiger partial charge in [0.2, 0.25) is 0 Å². The molecule has 0 amide bonds. The maximum atomic E-state index is 9.87. The molecule has 0 spiro atoms. The van der Waals surface area contributed by atoms with E-state index in [1.807, 2.05) is 18.2 Å². The number of aliphatic hydroxyl groups excluding tert-OH is 1. The molecule has 2 rings (SSSR count). The number of nitrogens with two attached hydrogens (primary N) is 1. The Morgan fingerprint density at radius 3 is 2.75 bits per heavy atom. The van der Waals surface area contributed by atoms with Crippen molar-refractivity contribution in [3.63, 3.8) is 0 Å². The molecule has 0 bridgehead atoms. The van der Waals surface area contributed by atoms with Crippen molar-refractivity contribution in [1.29, 1.82) is 0 Å². The Kier molecular flexibility index (Phi) is 3.39. The normalized spacial score (nSPS) is 30.5. The summed E-state index contributed by atoms with van der Waals surface area (Å²) in [4.78, 5) is 2.16. The summed E-state index contributed by atoms with van der Waals surface area (Å²) in [5, 5.41) is 9.87. The van der Waals surface area contributed by atoms with Crippen LogP contribution in [0.2, 0.25) is 0 Å². The molecule has 0 saturated carbocycles. The van der Waals surface area contributed by atoms with Crippen molar-refractivity contribution in [1.82, 2.24) is 4.90 Å². The Hall–Kier alpha value is -1.16. The van der Waals surface area contributed by atoms with Crippen molar-refractivity contribution in [2.45, 2.75) is 24.7 Å². The van der Waals surface area contributed by atoms with Crippen LogP contribution in [0.25, 0.3) is 0 Å². The van der Waals surface area contributed by atoms with Gasteiger partial charge in [-0.15, -0.1) is 6.58 Å². The van der Waals surface area contributed by atoms with Gasteiger partial charge in [0, 0.05) is 19.1 Å². The molecule has 0 aliphatic carbocycles. The van der Waals surface area contributed by atoms with Gasteiger partial charge < -0.3 is 10.8 Å². The summed E-state index contributed by atoms with van der Waals surface area (Å²) in [6.45, 7) is 5.29. The summed E-state index contributed by atoms with van der Waals surface area (Å²) in [6, 6.07) is 9.99. The number of nitrogens with zero attached hydrogens (tertiary/aromatic N) is 1. The first kappa shape index (κ1) is 11.3. The number of hydrogen-bond acceptors (Lipinski definition) is 3. The van der Waals surface area contributed by atoms with E-state index in [1.54, 1.807) is 6.08 Å². The van der Waals surface area contributed by atoms with Crippen molar-refractivity contribution in [2.75, 3.05) is 6.54 Å². The summed E-state index contributed by atoms with van der Waals surface area (Å²) in [5.74, 6) is 0. The molecule has 1 aliphatic rings. The van der Waals surface area contributed by atoms with E-state index in [0.29, 0.717) is 6.54 Å². The predicted octanol–water partition coefficient (Wildman–Crippen LogP) is 0.745. The van der Waals surface area contributed by atoms with Crippen LogP contribution < -0.4 is 5.73 Å². The average Bonchev–Trinajstić information content (AvgIpc) is 2.56. The number of hydrogen-bond donors (Lipinski definition) is 2. The maximum absolute atomic E-state index is 9.87. The van der Waals surface area contributed by atoms with Crippen molar-refractivity contribution < 1.29 is 5.11 Å². The highest BCUT2D eigenvalue weighted by atomic mass is 16.3. The highest BCUT2D eigenvalue weighted by molar-refractivity contribution is 5.16. The molecule has 86 valence electrons. The lowest BCUT2D eigenvalue weighted by atomic mass is 10.1. The summed E-state index contributed by atoms with van der Waals surface area (Å²) >= 11 is 0. The molecular weight excluding hydrogens is 200 g/mol. The number of benzene rings is 1. The van der Waals surface area contributed by atoms with E-state index in [4.69, 9.17) is 5.73 Å². The van der Waals surface area contributed by atoms with Crippen LogP contribution in [0.1, 0.15) is 5.56 Å². The summed E-state index contributed by atoms with van der Waals surface area (Å²) in [5.41, 5.74) is 7.08. The van der Waals surface area contributed by atoms with E-state index in [9.17, 15) is 5.11 Å². The molecule has 1 aromatic rings. The second-order valence-corrected chi connectivity index (χ2v) is 4.30. The summed E-state index contributed by atoms with van der Waals surface area (Å²) < 4.78 is 0. The van der Waals surface area contributed by atoms with Crippen LogP contribution in [0.15, 0.2) is 43.0 Å². The van der Waals surface area contributed by atoms with E-state index >= 15 is 0 Å². The Balaban J connectivity index is 2.08. The average molecular weight is 218 g/mol. The zero-order valence-electron chi connectivity index (χ0n) is 9.29. The predicted molar refractivity (Wildman–Crippen MR) is 64.8 cm³/mol. The standard InChI is InChI=1S/C13H18N2O/c1-2-12-13(16)11(14)9-15(12)8-10-6-4-3-5-7-10/h2-7,11-13,16H,1,8-9,14H2/t11-,12-,13+/m0/s1. The topological polar surface area (TPSA) is 49.5 Å². The number of rotatable bonds is 3. The quantitative estimate of drug-likeness (QED) is 0.736. The Morgan fingerprint density at radius 1 is 1.44 bits per heavy atom. The van der Waals surface area contributed by atoms with E-state index in [-0.39, 0.29) is 12.1 Å². The molecule has 3 heteroatoms. The van der Waals surface area contributed by atoms with Crippen LogP contribution in [0, 0.1) is 0 Å². The van der Waals surface area contributed by atoms with Gasteiger partial charge in [-0.25, -0.2) is 0 Å². The first-order valence-corrected chi connectivity index (χ1v) is 5.56. The molecular formula is C13H18N2O. The molecule has 1 saturated heterocycles. The fraction of sp³-hybridized carbons (Fsp3) is 0.385. The highest BCUT2D eigenvalue weighted by Gasteiger charge is 2.36. The Morgan fingerprint density at radius 2 is 2.12 bits per heavy atom. The van der Waals surface area contributed by atoms with E-state index in [1.165, 1.54) is 5.56 Å². The zero-order chi connectivity index (χ0) is 11.5. The lowest BCUT2D eigenvalue weighted by Gasteiger charge is -2.22. The fourth-order valence-corrected chi connectivity index (χ4v) is 2.25. The second-order valence-electron chi connectivity index (χ2n) is 4.30. The van der Waals surface area contributed by atoms with Crippen LogP contribution in [-0.4, -0.2) is 34.7 Å². The minimum atomic E-state index is -0.499. The lowest BCUT2D eigenvalue weighted by Crippen LogP contribution is -2.36. The Labute approximate surface area is 96.2 Å². The van der Waals surface area contributed by atoms with Crippen LogP contribution in [0.3, 0.4) is 0 Å². The molecule has 1 heterocycles. The molecule has 3 N–H and O–H groups in total. The molecule has 3 atom stereocenters. The Bertz CT molecular complexity index is 352. The van der Waals surface area contributed by atoms with E-state index < -0.39 is 6.10 Å². The third-order valence-corrected chi connectivity index (χ3v) is 3.13. The number of aliphatic hydroxyl groups is 1. The van der Waals surface area contributed by atoms with Gasteiger partial charge in [-0.2, -0.15) is 0 Å². The number of likely N-dealkylation sites (tertiary alicyclic amines) is 1. The fourth-order valence-electron chi connectivity index (χ4n) is 2.25. The molecule has 3 nitrogen and oxygen atoms in total. The smallest absolute Gasteiger partial charge is 0.0894 e. The molecule has 1 aliphatic heterocycles. The van der Waals surface area contributed by atoms with Gasteiger partial charge in [0.1, 0.15) is 0 Å². The molecule has 16 heavy (non-hydrogen) atoms. The van der Waals surface area contributed by atoms with Crippen LogP contribution in [0.4, 0.5) is 0 Å². The zero-order valence-corrected chi connectivity index (χ0v) is 9.29. The van der Waals surface area contributed by atoms with Crippen molar-refractivity contribution in [3.05, 3.63) is 48.6 Å². The molecule has 1 fully saturated rings. The second kappa shape index (κ2) is 4.78. The van der Waals surface area contributed by atoms with Gasteiger partial charge in [-0.05, 0) is 5.56 Å². The van der Waals surface area contributed by atoms with Crippen LogP contribution >= 0.6 is 0 Å². The maximum Gasteiger partial charge on any atom is 0.0894 e. The van der Waals surface area contributed by atoms with Crippen molar-refractivity contribution >= 4 is 0 Å². The first-order chi connectivity index (χ1) is 7.72. The SMILES string of the molecule is C=C[C@H]1[C@H](O)[C@@H](N)CN1Cc1ccccc1. The third kappa shape index (κ3) is 2.16. The first-order valence-electron chi connectivity index (χ1n) is 5.56. The van der Waals surface area contributed by atoms with Gasteiger partial charge in [0.15, 0.2) is 0 Å². The van der Waals surface area contributed by atoms with Gasteiger partial charge >= 0.3 is 0 Å². The summed E-state index contributed by atoms with van der Waals surface area (Å²) in [6.07, 6.45) is 1.28. The minimum Gasteiger partial charge on any atom is -0.389 e. The molecule has 0 radical (unpaired) electrons. The van der Waals surface area contributed by atoms with Gasteiger partial charge in [0.25, 0.3) is 0 Å². The lowest BCUT2D eigenvalue weighted by molar-refractivity contribution is 0.131. The monoisotopic (exact) mass is 218 g/mol. The largest absolute Gasteiger partial charge is 0.389 e. The molecule has 0 unspecified atom stereocenters. The third-order valence-electron chi connectivity index (χ3n) is 3.13. The van der Waals surface area contributed by atoms with Gasteiger partial charge in [0.05, 0.1) is 12.1 Å². The minimum absolute atomic E-state index is 0.0322. The van der Waals surface area contributed by atoms with Gasteiger partial charge in [-0.3, -0.25) is 4.90 Å². The van der Waals surface area contributed by atoms with Crippen molar-refractivity contribution in [2.24, 2.45) is 5.73 Å². The van der Waals surface area contributed by atoms with Crippen LogP contribution in [-0.2, 0) is 6.54 Å². The van der Waals surface area contributed by atoms with E-state index in [0.717, 1.165) is 6.54 Å². The van der Waals surface area contributed by atoms with Gasteiger partial charge in [-0.1, -0.05) is 36.4 Å². The highest BCUT2D eigenvalue weighted by Crippen LogP contribution is 2.20. The summed E-state index contributed by atoms with van der Waals surface area (Å²) in [7, 11) is 0. The van der Waals surface area contributed by atoms with Crippen LogP contribution in [0.5, 0.6) is 0 Å². The van der Waals surface area contributed by atoms with E-state index in [2.05, 4.69) is 23.6 Å². The van der Waals surface area contributed by atoms with Crippen molar-refractivity contribution in [3.8, 4) is 0 Å².